The topological polar surface area (TPSA) is 79.8 Å². The maximum Gasteiger partial charge on any atom is 0.493 e. The van der Waals surface area contributed by atoms with Crippen molar-refractivity contribution in [1.29, 1.82) is 0 Å². The van der Waals surface area contributed by atoms with E-state index in [0.717, 1.165) is 22.7 Å². The highest BCUT2D eigenvalue weighted by atomic mass is 35.5. The van der Waals surface area contributed by atoms with Crippen molar-refractivity contribution in [2.24, 2.45) is 0 Å². The Hall–Kier alpha value is -4.69. The van der Waals surface area contributed by atoms with Crippen LogP contribution in [-0.2, 0) is 16.1 Å². The van der Waals surface area contributed by atoms with Gasteiger partial charge in [0.25, 0.3) is 0 Å². The molecule has 1 aliphatic heterocycles. The standard InChI is InChI=1S/C31H23ClF6N4O4/c32-20-9-10-23-26(27(20)45-28(43)30(33,34)35)25(18-5-2-1-3-6-18)24(42(23)46-29(44)31(36,37)38)17-40-13-15-41(16-14-40)22-8-4-7-21-19(22)11-12-39-21/h1-12,39H,13-17H2. The summed E-state index contributed by atoms with van der Waals surface area (Å²) in [6.45, 7) is 1.85. The third-order valence-electron chi connectivity index (χ3n) is 7.64. The molecule has 0 bridgehead atoms. The van der Waals surface area contributed by atoms with Gasteiger partial charge in [-0.1, -0.05) is 48.0 Å². The van der Waals surface area contributed by atoms with Gasteiger partial charge in [0, 0.05) is 61.1 Å². The van der Waals surface area contributed by atoms with E-state index in [4.69, 9.17) is 21.2 Å². The number of rotatable bonds is 6. The number of carbonyl (C=O) groups is 2. The number of nitrogens with zero attached hydrogens (tertiary/aromatic N) is 3. The average Bonchev–Trinajstić information content (AvgIpc) is 3.61. The van der Waals surface area contributed by atoms with Gasteiger partial charge in [0.1, 0.15) is 0 Å². The minimum atomic E-state index is -5.41. The number of hydrogen-bond acceptors (Lipinski definition) is 6. The van der Waals surface area contributed by atoms with Gasteiger partial charge in [0.05, 0.1) is 21.6 Å². The fourth-order valence-electron chi connectivity index (χ4n) is 5.60. The monoisotopic (exact) mass is 664 g/mol. The van der Waals surface area contributed by atoms with Crippen LogP contribution in [0.25, 0.3) is 32.9 Å². The number of H-pyrrole nitrogens is 1. The molecule has 0 radical (unpaired) electrons. The Bertz CT molecular complexity index is 1930. The highest BCUT2D eigenvalue weighted by Gasteiger charge is 2.44. The third-order valence-corrected chi connectivity index (χ3v) is 7.94. The lowest BCUT2D eigenvalue weighted by molar-refractivity contribution is -0.199. The second-order valence-corrected chi connectivity index (χ2v) is 10.9. The second kappa shape index (κ2) is 11.9. The largest absolute Gasteiger partial charge is 0.493 e. The van der Waals surface area contributed by atoms with E-state index in [-0.39, 0.29) is 28.7 Å². The zero-order valence-electron chi connectivity index (χ0n) is 23.6. The maximum absolute atomic E-state index is 13.5. The van der Waals surface area contributed by atoms with E-state index >= 15 is 0 Å². The van der Waals surface area contributed by atoms with E-state index in [1.165, 1.54) is 6.07 Å². The van der Waals surface area contributed by atoms with Crippen LogP contribution in [0.2, 0.25) is 5.02 Å². The normalized spacial score (nSPS) is 14.6. The van der Waals surface area contributed by atoms with Crippen molar-refractivity contribution in [3.8, 4) is 16.9 Å². The van der Waals surface area contributed by atoms with Gasteiger partial charge in [-0.2, -0.15) is 31.1 Å². The molecule has 5 aromatic rings. The van der Waals surface area contributed by atoms with Gasteiger partial charge in [-0.15, -0.1) is 0 Å². The first-order valence-electron chi connectivity index (χ1n) is 13.9. The van der Waals surface area contributed by atoms with Crippen molar-refractivity contribution < 1.29 is 45.5 Å². The van der Waals surface area contributed by atoms with Crippen molar-refractivity contribution >= 4 is 51.0 Å². The summed E-state index contributed by atoms with van der Waals surface area (Å²) in [4.78, 5) is 36.2. The molecule has 2 aromatic heterocycles. The summed E-state index contributed by atoms with van der Waals surface area (Å²) in [5, 5.41) is 0.374. The van der Waals surface area contributed by atoms with Crippen molar-refractivity contribution in [2.75, 3.05) is 31.1 Å². The number of anilines is 1. The van der Waals surface area contributed by atoms with E-state index in [1.54, 1.807) is 30.3 Å². The summed E-state index contributed by atoms with van der Waals surface area (Å²) in [6.07, 6.45) is -8.97. The van der Waals surface area contributed by atoms with Crippen LogP contribution in [-0.4, -0.2) is 65.1 Å². The Kier molecular flexibility index (Phi) is 8.11. The number of piperazine rings is 1. The Morgan fingerprint density at radius 1 is 0.826 bits per heavy atom. The Morgan fingerprint density at radius 2 is 1.52 bits per heavy atom. The lowest BCUT2D eigenvalue weighted by Gasteiger charge is -2.36. The van der Waals surface area contributed by atoms with Crippen LogP contribution in [0.3, 0.4) is 0 Å². The number of benzene rings is 3. The first-order valence-corrected chi connectivity index (χ1v) is 14.2. The summed E-state index contributed by atoms with van der Waals surface area (Å²) in [5.74, 6) is -5.89. The smallest absolute Gasteiger partial charge is 0.418 e. The van der Waals surface area contributed by atoms with Crippen molar-refractivity contribution in [2.45, 2.75) is 18.9 Å². The van der Waals surface area contributed by atoms with Crippen LogP contribution in [0.4, 0.5) is 32.0 Å². The fraction of sp³-hybridized carbons (Fsp3) is 0.226. The van der Waals surface area contributed by atoms with Crippen LogP contribution >= 0.6 is 11.6 Å². The number of esters is 1. The summed E-state index contributed by atoms with van der Waals surface area (Å²) in [6, 6.07) is 18.1. The molecular weight excluding hydrogens is 642 g/mol. The zero-order valence-corrected chi connectivity index (χ0v) is 24.3. The Labute approximate surface area is 261 Å². The molecule has 1 saturated heterocycles. The number of nitrogens with one attached hydrogen (secondary N) is 1. The number of alkyl halides is 6. The molecule has 0 amide bonds. The van der Waals surface area contributed by atoms with E-state index in [9.17, 15) is 35.9 Å². The molecule has 15 heteroatoms. The lowest BCUT2D eigenvalue weighted by atomic mass is 10.0. The average molecular weight is 665 g/mol. The van der Waals surface area contributed by atoms with Crippen molar-refractivity contribution in [3.05, 3.63) is 83.6 Å². The minimum Gasteiger partial charge on any atom is -0.418 e. The van der Waals surface area contributed by atoms with Crippen LogP contribution in [0.5, 0.6) is 5.75 Å². The number of ether oxygens (including phenoxy) is 1. The molecular formula is C31H23ClF6N4O4. The minimum absolute atomic E-state index is 0.00607. The molecule has 8 nitrogen and oxygen atoms in total. The predicted octanol–water partition coefficient (Wildman–Crippen LogP) is 6.75. The molecule has 0 atom stereocenters. The molecule has 1 N–H and O–H groups in total. The molecule has 1 aliphatic rings. The second-order valence-electron chi connectivity index (χ2n) is 10.5. The van der Waals surface area contributed by atoms with Gasteiger partial charge < -0.3 is 19.5 Å². The summed E-state index contributed by atoms with van der Waals surface area (Å²) in [5.41, 5.74) is 2.13. The molecule has 240 valence electrons. The number of fused-ring (bicyclic) bond motifs is 2. The van der Waals surface area contributed by atoms with Crippen LogP contribution in [0, 0.1) is 0 Å². The maximum atomic E-state index is 13.5. The number of halogens is 7. The molecule has 0 spiro atoms. The molecule has 0 saturated carbocycles. The first-order chi connectivity index (χ1) is 21.8. The molecule has 3 heterocycles. The Balaban J connectivity index is 1.45. The van der Waals surface area contributed by atoms with Gasteiger partial charge in [-0.05, 0) is 35.9 Å². The van der Waals surface area contributed by atoms with Crippen LogP contribution < -0.4 is 14.5 Å². The fourth-order valence-corrected chi connectivity index (χ4v) is 5.80. The first kappa shape index (κ1) is 31.3. The van der Waals surface area contributed by atoms with E-state index in [0.29, 0.717) is 36.5 Å². The van der Waals surface area contributed by atoms with Crippen molar-refractivity contribution in [1.82, 2.24) is 14.6 Å². The van der Waals surface area contributed by atoms with Gasteiger partial charge in [-0.3, -0.25) is 4.90 Å². The van der Waals surface area contributed by atoms with Gasteiger partial charge in [0.2, 0.25) is 0 Å². The SMILES string of the molecule is O=C(Oc1c(Cl)ccc2c1c(-c1ccccc1)c(CN1CCN(c3cccc4[nH]ccc34)CC1)n2OC(=O)C(F)(F)F)C(F)(F)F. The van der Waals surface area contributed by atoms with E-state index in [2.05, 4.69) is 9.88 Å². The number of aromatic nitrogens is 2. The number of hydrogen-bond donors (Lipinski definition) is 1. The van der Waals surface area contributed by atoms with Crippen molar-refractivity contribution in [3.63, 3.8) is 0 Å². The van der Waals surface area contributed by atoms with Gasteiger partial charge in [-0.25, -0.2) is 9.59 Å². The van der Waals surface area contributed by atoms with Gasteiger partial charge >= 0.3 is 24.3 Å². The summed E-state index contributed by atoms with van der Waals surface area (Å²) in [7, 11) is 0. The summed E-state index contributed by atoms with van der Waals surface area (Å²) < 4.78 is 85.6. The Morgan fingerprint density at radius 3 is 2.20 bits per heavy atom. The molecule has 46 heavy (non-hydrogen) atoms. The van der Waals surface area contributed by atoms with Crippen LogP contribution in [0.1, 0.15) is 5.69 Å². The molecule has 6 rings (SSSR count). The van der Waals surface area contributed by atoms with E-state index in [1.807, 2.05) is 35.4 Å². The molecule has 1 fully saturated rings. The highest BCUT2D eigenvalue weighted by Crippen LogP contribution is 2.45. The zero-order chi connectivity index (χ0) is 32.8. The number of aromatic amines is 1. The molecule has 3 aromatic carbocycles. The molecule has 0 aliphatic carbocycles. The highest BCUT2D eigenvalue weighted by molar-refractivity contribution is 6.34. The third kappa shape index (κ3) is 5.97. The number of carbonyl (C=O) groups excluding carboxylic acids is 2. The quantitative estimate of drug-likeness (QED) is 0.123. The molecule has 0 unspecified atom stereocenters. The predicted molar refractivity (Wildman–Crippen MR) is 158 cm³/mol. The van der Waals surface area contributed by atoms with Crippen LogP contribution in [0.15, 0.2) is 72.9 Å². The van der Waals surface area contributed by atoms with Gasteiger partial charge in [0.15, 0.2) is 5.75 Å². The summed E-state index contributed by atoms with van der Waals surface area (Å²) >= 11 is 6.24. The lowest BCUT2D eigenvalue weighted by Crippen LogP contribution is -2.46. The van der Waals surface area contributed by atoms with E-state index < -0.39 is 35.1 Å².